The molecular formula is C15H17N5O3S. The van der Waals surface area contributed by atoms with E-state index in [0.717, 1.165) is 11.5 Å². The third-order valence-electron chi connectivity index (χ3n) is 3.21. The molecule has 24 heavy (non-hydrogen) atoms. The van der Waals surface area contributed by atoms with Crippen LogP contribution in [0.15, 0.2) is 32.7 Å². The molecule has 8 nitrogen and oxygen atoms in total. The second kappa shape index (κ2) is 7.02. The number of nitrogens with zero attached hydrogens (tertiary/aromatic N) is 3. The van der Waals surface area contributed by atoms with Crippen LogP contribution in [0.4, 0.5) is 5.82 Å². The zero-order valence-electron chi connectivity index (χ0n) is 13.2. The molecule has 3 aromatic rings. The van der Waals surface area contributed by atoms with Crippen molar-refractivity contribution in [2.75, 3.05) is 11.9 Å². The molecule has 3 aromatic heterocycles. The van der Waals surface area contributed by atoms with E-state index in [1.807, 2.05) is 26.0 Å². The molecule has 3 N–H and O–H groups in total. The molecule has 0 saturated heterocycles. The fourth-order valence-electron chi connectivity index (χ4n) is 2.06. The SMILES string of the molecule is Cc1ccc(CSc2nc(N[C@H](C)CO)c3ncc(=O)[nH]c3n2)o1. The molecule has 0 spiro atoms. The predicted molar refractivity (Wildman–Crippen MR) is 91.1 cm³/mol. The van der Waals surface area contributed by atoms with Crippen LogP contribution in [0.1, 0.15) is 18.4 Å². The van der Waals surface area contributed by atoms with Crippen molar-refractivity contribution in [2.45, 2.75) is 30.8 Å². The maximum Gasteiger partial charge on any atom is 0.268 e. The zero-order valence-corrected chi connectivity index (χ0v) is 14.1. The van der Waals surface area contributed by atoms with Crippen molar-refractivity contribution >= 4 is 28.7 Å². The summed E-state index contributed by atoms with van der Waals surface area (Å²) in [4.78, 5) is 27.0. The third kappa shape index (κ3) is 3.74. The lowest BCUT2D eigenvalue weighted by Gasteiger charge is -2.13. The van der Waals surface area contributed by atoms with Gasteiger partial charge in [-0.2, -0.15) is 0 Å². The van der Waals surface area contributed by atoms with Gasteiger partial charge in [0.2, 0.25) is 0 Å². The van der Waals surface area contributed by atoms with Crippen molar-refractivity contribution in [3.05, 3.63) is 40.2 Å². The maximum absolute atomic E-state index is 11.5. The fourth-order valence-corrected chi connectivity index (χ4v) is 2.80. The van der Waals surface area contributed by atoms with E-state index in [-0.39, 0.29) is 18.2 Å². The summed E-state index contributed by atoms with van der Waals surface area (Å²) in [5, 5.41) is 12.8. The van der Waals surface area contributed by atoms with E-state index in [0.29, 0.717) is 27.9 Å². The molecule has 0 radical (unpaired) electrons. The summed E-state index contributed by atoms with van der Waals surface area (Å²) >= 11 is 1.39. The summed E-state index contributed by atoms with van der Waals surface area (Å²) in [6.45, 7) is 3.65. The molecule has 3 heterocycles. The van der Waals surface area contributed by atoms with Crippen molar-refractivity contribution < 1.29 is 9.52 Å². The minimum atomic E-state index is -0.333. The lowest BCUT2D eigenvalue weighted by molar-refractivity contribution is 0.281. The van der Waals surface area contributed by atoms with Crippen molar-refractivity contribution in [3.8, 4) is 0 Å². The van der Waals surface area contributed by atoms with Crippen LogP contribution in [0, 0.1) is 6.92 Å². The summed E-state index contributed by atoms with van der Waals surface area (Å²) in [6.07, 6.45) is 1.18. The van der Waals surface area contributed by atoms with Gasteiger partial charge in [-0.15, -0.1) is 0 Å². The average molecular weight is 347 g/mol. The predicted octanol–water partition coefficient (Wildman–Crippen LogP) is 1.70. The van der Waals surface area contributed by atoms with Gasteiger partial charge in [0.25, 0.3) is 5.56 Å². The normalized spacial score (nSPS) is 12.5. The Balaban J connectivity index is 1.93. The van der Waals surface area contributed by atoms with Crippen LogP contribution >= 0.6 is 11.8 Å². The second-order valence-electron chi connectivity index (χ2n) is 5.33. The highest BCUT2D eigenvalue weighted by Crippen LogP contribution is 2.25. The first-order chi connectivity index (χ1) is 11.5. The Morgan fingerprint density at radius 3 is 2.96 bits per heavy atom. The Kier molecular flexibility index (Phi) is 4.81. The number of thioether (sulfide) groups is 1. The molecule has 1 atom stereocenters. The number of rotatable bonds is 6. The Morgan fingerprint density at radius 1 is 1.42 bits per heavy atom. The van der Waals surface area contributed by atoms with Gasteiger partial charge in [0.15, 0.2) is 16.6 Å². The van der Waals surface area contributed by atoms with E-state index in [1.165, 1.54) is 18.0 Å². The molecule has 3 rings (SSSR count). The first kappa shape index (κ1) is 16.5. The Hall–Kier alpha value is -2.39. The lowest BCUT2D eigenvalue weighted by Crippen LogP contribution is -2.21. The summed E-state index contributed by atoms with van der Waals surface area (Å²) in [6, 6.07) is 3.59. The highest BCUT2D eigenvalue weighted by Gasteiger charge is 2.13. The highest BCUT2D eigenvalue weighted by molar-refractivity contribution is 7.98. The van der Waals surface area contributed by atoms with Crippen LogP contribution in [0.25, 0.3) is 11.2 Å². The first-order valence-corrected chi connectivity index (χ1v) is 8.36. The zero-order chi connectivity index (χ0) is 17.1. The number of aryl methyl sites for hydroxylation is 1. The number of H-pyrrole nitrogens is 1. The number of furan rings is 1. The topological polar surface area (TPSA) is 117 Å². The lowest BCUT2D eigenvalue weighted by atomic mass is 10.3. The highest BCUT2D eigenvalue weighted by atomic mass is 32.2. The summed E-state index contributed by atoms with van der Waals surface area (Å²) in [5.74, 6) is 2.70. The molecule has 9 heteroatoms. The molecule has 0 aliphatic heterocycles. The monoisotopic (exact) mass is 347 g/mol. The summed E-state index contributed by atoms with van der Waals surface area (Å²) in [7, 11) is 0. The van der Waals surface area contributed by atoms with Crippen molar-refractivity contribution in [3.63, 3.8) is 0 Å². The van der Waals surface area contributed by atoms with Crippen LogP contribution in [0.5, 0.6) is 0 Å². The largest absolute Gasteiger partial charge is 0.465 e. The Labute approximate surface area is 141 Å². The van der Waals surface area contributed by atoms with E-state index in [1.54, 1.807) is 0 Å². The second-order valence-corrected chi connectivity index (χ2v) is 6.27. The van der Waals surface area contributed by atoms with Crippen LogP contribution in [0.2, 0.25) is 0 Å². The van der Waals surface area contributed by atoms with Gasteiger partial charge < -0.3 is 19.8 Å². The number of nitrogens with one attached hydrogen (secondary N) is 2. The van der Waals surface area contributed by atoms with Gasteiger partial charge in [0.1, 0.15) is 17.0 Å². The molecular weight excluding hydrogens is 330 g/mol. The Morgan fingerprint density at radius 2 is 2.25 bits per heavy atom. The quantitative estimate of drug-likeness (QED) is 0.456. The summed E-state index contributed by atoms with van der Waals surface area (Å²) in [5.41, 5.74) is 0.469. The third-order valence-corrected chi connectivity index (χ3v) is 4.08. The van der Waals surface area contributed by atoms with Crippen LogP contribution in [-0.4, -0.2) is 37.7 Å². The number of aliphatic hydroxyl groups excluding tert-OH is 1. The number of aromatic amines is 1. The van der Waals surface area contributed by atoms with E-state index in [4.69, 9.17) is 4.42 Å². The number of fused-ring (bicyclic) bond motifs is 1. The van der Waals surface area contributed by atoms with Gasteiger partial charge in [0.05, 0.1) is 18.6 Å². The molecule has 0 saturated carbocycles. The number of anilines is 1. The Bertz CT molecular complexity index is 908. The van der Waals surface area contributed by atoms with E-state index < -0.39 is 0 Å². The van der Waals surface area contributed by atoms with E-state index in [9.17, 15) is 9.90 Å². The van der Waals surface area contributed by atoms with Crippen molar-refractivity contribution in [1.82, 2.24) is 19.9 Å². The van der Waals surface area contributed by atoms with Crippen LogP contribution in [0.3, 0.4) is 0 Å². The number of aromatic nitrogens is 4. The smallest absolute Gasteiger partial charge is 0.268 e. The van der Waals surface area contributed by atoms with Gasteiger partial charge in [-0.1, -0.05) is 11.8 Å². The van der Waals surface area contributed by atoms with E-state index >= 15 is 0 Å². The standard InChI is InChI=1S/C15H17N5O3S/c1-8(6-21)17-13-12-14(18-11(22)5-16-12)20-15(19-13)24-7-10-4-3-9(2)23-10/h3-5,8,21H,6-7H2,1-2H3,(H2,17,18,19,20,22)/t8-/m1/s1. The molecule has 0 aliphatic rings. The van der Waals surface area contributed by atoms with Gasteiger partial charge in [0, 0.05) is 6.04 Å². The molecule has 0 amide bonds. The molecule has 0 fully saturated rings. The minimum Gasteiger partial charge on any atom is -0.465 e. The van der Waals surface area contributed by atoms with Gasteiger partial charge in [-0.3, -0.25) is 4.79 Å². The molecule has 0 aliphatic carbocycles. The molecule has 0 bridgehead atoms. The van der Waals surface area contributed by atoms with Gasteiger partial charge in [-0.25, -0.2) is 15.0 Å². The average Bonchev–Trinajstić information content (AvgIpc) is 2.97. The van der Waals surface area contributed by atoms with E-state index in [2.05, 4.69) is 25.3 Å². The molecule has 126 valence electrons. The number of hydrogen-bond acceptors (Lipinski definition) is 8. The van der Waals surface area contributed by atoms with Crippen molar-refractivity contribution in [1.29, 1.82) is 0 Å². The van der Waals surface area contributed by atoms with Gasteiger partial charge in [-0.05, 0) is 26.0 Å². The maximum atomic E-state index is 11.5. The molecule has 0 unspecified atom stereocenters. The van der Waals surface area contributed by atoms with Gasteiger partial charge >= 0.3 is 0 Å². The van der Waals surface area contributed by atoms with Crippen molar-refractivity contribution in [2.24, 2.45) is 0 Å². The number of hydrogen-bond donors (Lipinski definition) is 3. The summed E-state index contributed by atoms with van der Waals surface area (Å²) < 4.78 is 5.53. The molecule has 0 aromatic carbocycles. The number of aliphatic hydroxyl groups is 1. The fraction of sp³-hybridized carbons (Fsp3) is 0.333. The van der Waals surface area contributed by atoms with Crippen LogP contribution in [-0.2, 0) is 5.75 Å². The minimum absolute atomic E-state index is 0.0526. The first-order valence-electron chi connectivity index (χ1n) is 7.37. The van der Waals surface area contributed by atoms with Crippen LogP contribution < -0.4 is 10.9 Å².